The van der Waals surface area contributed by atoms with Crippen molar-refractivity contribution in [2.45, 2.75) is 68.2 Å². The van der Waals surface area contributed by atoms with E-state index < -0.39 is 12.1 Å². The number of carbonyl (C=O) groups excluding carboxylic acids is 1. The predicted molar refractivity (Wildman–Crippen MR) is 121 cm³/mol. The highest BCUT2D eigenvalue weighted by Crippen LogP contribution is 2.53. The number of likely N-dealkylation sites (N-methyl/N-ethyl adjacent to an activating group) is 1. The molecule has 5 aliphatic rings. The Kier molecular flexibility index (Phi) is 5.39. The number of benzene rings is 1. The highest BCUT2D eigenvalue weighted by atomic mass is 16.5. The van der Waals surface area contributed by atoms with Gasteiger partial charge in [0.2, 0.25) is 5.91 Å². The third-order valence-electron chi connectivity index (χ3n) is 8.63. The Morgan fingerprint density at radius 2 is 2.21 bits per heavy atom. The van der Waals surface area contributed by atoms with Crippen LogP contribution in [-0.2, 0) is 16.0 Å². The van der Waals surface area contributed by atoms with E-state index >= 15 is 0 Å². The summed E-state index contributed by atoms with van der Waals surface area (Å²) in [6.45, 7) is 1.54. The molecule has 180 valence electrons. The van der Waals surface area contributed by atoms with Crippen LogP contribution < -0.4 is 15.4 Å². The molecular formula is C24H34N4O5. The number of piperidine rings is 1. The van der Waals surface area contributed by atoms with Crippen LogP contribution in [0.5, 0.6) is 5.75 Å². The fraction of sp³-hybridized carbons (Fsp3) is 0.708. The smallest absolute Gasteiger partial charge is 0.244 e. The summed E-state index contributed by atoms with van der Waals surface area (Å²) in [5.74, 6) is 0.782. The largest absolute Gasteiger partial charge is 0.496 e. The number of carbonyl (C=O) groups is 1. The first kappa shape index (κ1) is 21.8. The third-order valence-corrected chi connectivity index (χ3v) is 8.63. The van der Waals surface area contributed by atoms with E-state index in [-0.39, 0.29) is 42.8 Å². The fourth-order valence-electron chi connectivity index (χ4n) is 7.22. The zero-order chi connectivity index (χ0) is 22.9. The maximum Gasteiger partial charge on any atom is 0.244 e. The van der Waals surface area contributed by atoms with E-state index in [0.29, 0.717) is 24.8 Å². The lowest BCUT2D eigenvalue weighted by Gasteiger charge is -2.51. The van der Waals surface area contributed by atoms with E-state index in [4.69, 9.17) is 9.47 Å². The molecule has 6 rings (SSSR count). The second-order valence-corrected chi connectivity index (χ2v) is 10.2. The molecule has 33 heavy (non-hydrogen) atoms. The molecule has 2 bridgehead atoms. The molecule has 0 radical (unpaired) electrons. The van der Waals surface area contributed by atoms with Gasteiger partial charge in [-0.2, -0.15) is 0 Å². The molecule has 5 heterocycles. The molecule has 4 N–H and O–H groups in total. The predicted octanol–water partition coefficient (Wildman–Crippen LogP) is 0.0655. The lowest BCUT2D eigenvalue weighted by Crippen LogP contribution is -2.64. The number of nitrogens with one attached hydrogen (secondary N) is 2. The van der Waals surface area contributed by atoms with E-state index in [9.17, 15) is 15.0 Å². The third kappa shape index (κ3) is 3.25. The number of rotatable bonds is 4. The minimum Gasteiger partial charge on any atom is -0.496 e. The van der Waals surface area contributed by atoms with Gasteiger partial charge < -0.3 is 30.3 Å². The summed E-state index contributed by atoms with van der Waals surface area (Å²) < 4.78 is 12.2. The van der Waals surface area contributed by atoms with Gasteiger partial charge in [0.1, 0.15) is 18.0 Å². The molecule has 4 saturated heterocycles. The number of nitrogens with zero attached hydrogens (tertiary/aromatic N) is 2. The molecule has 0 spiro atoms. The molecule has 0 aliphatic carbocycles. The van der Waals surface area contributed by atoms with Crippen molar-refractivity contribution in [3.05, 3.63) is 23.3 Å². The first-order valence-electron chi connectivity index (χ1n) is 12.2. The quantitative estimate of drug-likeness (QED) is 0.502. The van der Waals surface area contributed by atoms with Crippen LogP contribution in [-0.4, -0.2) is 96.3 Å². The molecule has 1 amide bonds. The van der Waals surface area contributed by atoms with Crippen molar-refractivity contribution < 1.29 is 24.5 Å². The summed E-state index contributed by atoms with van der Waals surface area (Å²) in [4.78, 5) is 17.8. The van der Waals surface area contributed by atoms with Crippen LogP contribution >= 0.6 is 0 Å². The second kappa shape index (κ2) is 8.18. The van der Waals surface area contributed by atoms with E-state index in [1.54, 1.807) is 7.11 Å². The zero-order valence-electron chi connectivity index (χ0n) is 19.2. The zero-order valence-corrected chi connectivity index (χ0v) is 19.2. The minimum absolute atomic E-state index is 0.0360. The van der Waals surface area contributed by atoms with Crippen LogP contribution in [0.2, 0.25) is 0 Å². The average molecular weight is 459 g/mol. The van der Waals surface area contributed by atoms with E-state index in [2.05, 4.69) is 33.5 Å². The molecule has 0 aromatic heterocycles. The van der Waals surface area contributed by atoms with Gasteiger partial charge in [0.25, 0.3) is 0 Å². The summed E-state index contributed by atoms with van der Waals surface area (Å²) in [6.07, 6.45) is 2.62. The number of methoxy groups -OCH3 is 1. The number of anilines is 1. The molecule has 5 aliphatic heterocycles. The lowest BCUT2D eigenvalue weighted by atomic mass is 9.81. The first-order chi connectivity index (χ1) is 16.0. The number of ether oxygens (including phenoxy) is 2. The van der Waals surface area contributed by atoms with Gasteiger partial charge in [0, 0.05) is 48.0 Å². The fourth-order valence-corrected chi connectivity index (χ4v) is 7.22. The average Bonchev–Trinajstić information content (AvgIpc) is 3.35. The summed E-state index contributed by atoms with van der Waals surface area (Å²) in [5, 5.41) is 26.5. The van der Waals surface area contributed by atoms with Gasteiger partial charge in [-0.1, -0.05) is 0 Å². The summed E-state index contributed by atoms with van der Waals surface area (Å²) in [7, 11) is 3.83. The Hall–Kier alpha value is -1.75. The summed E-state index contributed by atoms with van der Waals surface area (Å²) in [5.41, 5.74) is 2.99. The Bertz CT molecular complexity index is 944. The number of hydrogen-bond donors (Lipinski definition) is 4. The SMILES string of the molecule is COc1cc(NC(=O)C2NCCCC2O)cc2c1C1COC3C4CC(CO)C(C(C2)N13)N4C. The van der Waals surface area contributed by atoms with Gasteiger partial charge in [-0.25, -0.2) is 0 Å². The maximum absolute atomic E-state index is 12.9. The minimum atomic E-state index is -0.678. The maximum atomic E-state index is 12.9. The Morgan fingerprint density at radius 1 is 1.36 bits per heavy atom. The van der Waals surface area contributed by atoms with Crippen LogP contribution in [0.1, 0.15) is 36.4 Å². The van der Waals surface area contributed by atoms with Crippen molar-refractivity contribution >= 4 is 11.6 Å². The van der Waals surface area contributed by atoms with Gasteiger partial charge in [-0.15, -0.1) is 0 Å². The van der Waals surface area contributed by atoms with Crippen LogP contribution in [0.4, 0.5) is 5.69 Å². The number of fused-ring (bicyclic) bond motifs is 6. The van der Waals surface area contributed by atoms with Crippen molar-refractivity contribution in [3.63, 3.8) is 0 Å². The number of amides is 1. The van der Waals surface area contributed by atoms with Crippen molar-refractivity contribution in [1.82, 2.24) is 15.1 Å². The Morgan fingerprint density at radius 3 is 2.97 bits per heavy atom. The molecule has 8 unspecified atom stereocenters. The number of aliphatic hydroxyl groups excluding tert-OH is 2. The van der Waals surface area contributed by atoms with Gasteiger partial charge in [0.15, 0.2) is 0 Å². The number of hydrogen-bond acceptors (Lipinski definition) is 8. The topological polar surface area (TPSA) is 107 Å². The molecule has 1 aromatic rings. The lowest BCUT2D eigenvalue weighted by molar-refractivity contribution is -0.121. The van der Waals surface area contributed by atoms with Gasteiger partial charge >= 0.3 is 0 Å². The van der Waals surface area contributed by atoms with Crippen molar-refractivity contribution in [3.8, 4) is 5.75 Å². The molecule has 1 aromatic carbocycles. The summed E-state index contributed by atoms with van der Waals surface area (Å²) >= 11 is 0. The van der Waals surface area contributed by atoms with Crippen molar-refractivity contribution in [1.29, 1.82) is 0 Å². The number of piperazine rings is 1. The molecule has 4 fully saturated rings. The van der Waals surface area contributed by atoms with Crippen LogP contribution in [0.25, 0.3) is 0 Å². The molecule has 8 atom stereocenters. The molecule has 9 heteroatoms. The molecule has 9 nitrogen and oxygen atoms in total. The molecular weight excluding hydrogens is 424 g/mol. The van der Waals surface area contributed by atoms with E-state index in [1.807, 2.05) is 6.07 Å². The standard InChI is InChI=1S/C24H34N4O5/c1-27-16-8-13(10-29)22(27)15-7-12-6-14(26-23(31)21-18(30)4-3-5-25-21)9-19(32-2)20(12)17-11-33-24(16)28(15)17/h6,9,13,15-18,21-22,24-25,29-30H,3-5,7-8,10-11H2,1-2H3,(H,26,31). The van der Waals surface area contributed by atoms with Crippen molar-refractivity contribution in [2.24, 2.45) is 5.92 Å². The highest BCUT2D eigenvalue weighted by Gasteiger charge is 2.60. The van der Waals surface area contributed by atoms with Crippen molar-refractivity contribution in [2.75, 3.05) is 39.2 Å². The monoisotopic (exact) mass is 458 g/mol. The van der Waals surface area contributed by atoms with Crippen LogP contribution in [0.15, 0.2) is 12.1 Å². The van der Waals surface area contributed by atoms with Gasteiger partial charge in [0.05, 0.1) is 25.9 Å². The first-order valence-corrected chi connectivity index (χ1v) is 12.2. The summed E-state index contributed by atoms with van der Waals surface area (Å²) in [6, 6.07) is 4.28. The number of aliphatic hydroxyl groups is 2. The van der Waals surface area contributed by atoms with Crippen LogP contribution in [0.3, 0.4) is 0 Å². The Labute approximate surface area is 194 Å². The van der Waals surface area contributed by atoms with Gasteiger partial charge in [-0.05, 0) is 50.9 Å². The second-order valence-electron chi connectivity index (χ2n) is 10.2. The van der Waals surface area contributed by atoms with Crippen LogP contribution in [0, 0.1) is 5.92 Å². The Balaban J connectivity index is 1.34. The van der Waals surface area contributed by atoms with Gasteiger partial charge in [-0.3, -0.25) is 14.6 Å². The van der Waals surface area contributed by atoms with E-state index in [1.165, 1.54) is 0 Å². The molecule has 0 saturated carbocycles. The highest BCUT2D eigenvalue weighted by molar-refractivity contribution is 5.95. The normalized spacial score (nSPS) is 39.8. The van der Waals surface area contributed by atoms with E-state index in [0.717, 1.165) is 42.7 Å².